The van der Waals surface area contributed by atoms with E-state index in [9.17, 15) is 0 Å². The van der Waals surface area contributed by atoms with Crippen LogP contribution in [0.5, 0.6) is 0 Å². The lowest BCUT2D eigenvalue weighted by molar-refractivity contribution is 0.560. The van der Waals surface area contributed by atoms with Crippen LogP contribution < -0.4 is 5.73 Å². The average molecular weight is 264 g/mol. The summed E-state index contributed by atoms with van der Waals surface area (Å²) in [6.45, 7) is 4.23. The summed E-state index contributed by atoms with van der Waals surface area (Å²) < 4.78 is 0. The van der Waals surface area contributed by atoms with E-state index in [0.717, 1.165) is 12.8 Å². The first-order valence-corrected chi connectivity index (χ1v) is 8.28. The van der Waals surface area contributed by atoms with Gasteiger partial charge in [0, 0.05) is 6.04 Å². The number of unbranched alkanes of at least 4 members (excludes halogenated alkanes) is 7. The Hall–Kier alpha value is -0.560. The first kappa shape index (κ1) is 18.4. The van der Waals surface area contributed by atoms with E-state index >= 15 is 0 Å². The minimum atomic E-state index is 0.129. The van der Waals surface area contributed by atoms with Crippen molar-refractivity contribution in [2.75, 3.05) is 0 Å². The van der Waals surface area contributed by atoms with Crippen LogP contribution in [0, 0.1) is 0 Å². The fourth-order valence-corrected chi connectivity index (χ4v) is 2.09. The Kier molecular flexibility index (Phi) is 15.0. The topological polar surface area (TPSA) is 23.8 Å². The Labute approximate surface area is 121 Å². The molecule has 0 aliphatic heterocycles. The van der Waals surface area contributed by atoms with Gasteiger partial charge in [-0.25, -0.2) is 0 Å². The molecular formula is C18H34N. The lowest BCUT2D eigenvalue weighted by atomic mass is 10.1. The molecule has 0 aromatic heterocycles. The molecule has 0 bridgehead atoms. The van der Waals surface area contributed by atoms with Crippen molar-refractivity contribution in [3.05, 3.63) is 24.3 Å². The van der Waals surface area contributed by atoms with E-state index in [1.807, 2.05) is 6.92 Å². The van der Waals surface area contributed by atoms with Gasteiger partial charge in [-0.05, 0) is 45.4 Å². The minimum absolute atomic E-state index is 0.129. The third-order valence-corrected chi connectivity index (χ3v) is 3.34. The predicted octanol–water partition coefficient (Wildman–Crippen LogP) is 6.08. The van der Waals surface area contributed by atoms with Gasteiger partial charge in [0.25, 0.3) is 0 Å². The average Bonchev–Trinajstić information content (AvgIpc) is 2.39. The molecule has 0 aromatic rings. The van der Waals surface area contributed by atoms with Crippen molar-refractivity contribution >= 4 is 0 Å². The molecule has 19 heavy (non-hydrogen) atoms. The first-order valence-electron chi connectivity index (χ1n) is 8.28. The lowest BCUT2D eigenvalue weighted by Crippen LogP contribution is -2.00. The third kappa shape index (κ3) is 17.4. The zero-order valence-corrected chi connectivity index (χ0v) is 13.2. The Morgan fingerprint density at radius 3 is 1.95 bits per heavy atom. The maximum absolute atomic E-state index is 7.42. The minimum Gasteiger partial charge on any atom is -0.255 e. The van der Waals surface area contributed by atoms with E-state index in [0.29, 0.717) is 0 Å². The van der Waals surface area contributed by atoms with E-state index in [-0.39, 0.29) is 6.04 Å². The molecule has 0 rings (SSSR count). The molecule has 0 heterocycles. The van der Waals surface area contributed by atoms with Gasteiger partial charge < -0.3 is 0 Å². The normalized spacial score (nSPS) is 13.6. The van der Waals surface area contributed by atoms with Crippen molar-refractivity contribution in [1.82, 2.24) is 5.73 Å². The largest absolute Gasteiger partial charge is 0.255 e. The second-order valence-electron chi connectivity index (χ2n) is 5.57. The molecule has 0 aliphatic carbocycles. The van der Waals surface area contributed by atoms with Gasteiger partial charge >= 0.3 is 0 Å². The van der Waals surface area contributed by atoms with Gasteiger partial charge in [-0.2, -0.15) is 0 Å². The van der Waals surface area contributed by atoms with Gasteiger partial charge in [-0.3, -0.25) is 5.73 Å². The molecule has 0 aromatic carbocycles. The number of rotatable bonds is 13. The smallest absolute Gasteiger partial charge is 0.0184 e. The summed E-state index contributed by atoms with van der Waals surface area (Å²) in [6.07, 6.45) is 23.0. The number of hydrogen-bond donors (Lipinski definition) is 0. The van der Waals surface area contributed by atoms with Gasteiger partial charge in [0.1, 0.15) is 0 Å². The second kappa shape index (κ2) is 15.5. The maximum Gasteiger partial charge on any atom is 0.0184 e. The Morgan fingerprint density at radius 2 is 1.37 bits per heavy atom. The van der Waals surface area contributed by atoms with Crippen LogP contribution >= 0.6 is 0 Å². The van der Waals surface area contributed by atoms with Crippen molar-refractivity contribution < 1.29 is 0 Å². The number of hydrogen-bond acceptors (Lipinski definition) is 0. The van der Waals surface area contributed by atoms with Crippen molar-refractivity contribution in [2.24, 2.45) is 0 Å². The highest BCUT2D eigenvalue weighted by molar-refractivity contribution is 4.92. The van der Waals surface area contributed by atoms with Crippen molar-refractivity contribution in [3.8, 4) is 0 Å². The van der Waals surface area contributed by atoms with Gasteiger partial charge in [0.15, 0.2) is 0 Å². The molecule has 1 radical (unpaired) electrons. The molecule has 0 amide bonds. The number of allylic oxidation sites excluding steroid dienone is 4. The van der Waals surface area contributed by atoms with Gasteiger partial charge in [-0.15, -0.1) is 0 Å². The van der Waals surface area contributed by atoms with Crippen LogP contribution in [0.1, 0.15) is 84.5 Å². The highest BCUT2D eigenvalue weighted by Crippen LogP contribution is 2.07. The molecule has 0 spiro atoms. The highest BCUT2D eigenvalue weighted by atomic mass is 14.6. The molecule has 1 N–H and O–H groups in total. The van der Waals surface area contributed by atoms with Gasteiger partial charge in [0.2, 0.25) is 0 Å². The summed E-state index contributed by atoms with van der Waals surface area (Å²) in [5.74, 6) is 0. The molecule has 0 fully saturated rings. The van der Waals surface area contributed by atoms with Crippen LogP contribution in [0.2, 0.25) is 0 Å². The van der Waals surface area contributed by atoms with Crippen molar-refractivity contribution in [1.29, 1.82) is 0 Å². The Bertz CT molecular complexity index is 216. The van der Waals surface area contributed by atoms with E-state index in [1.165, 1.54) is 57.8 Å². The monoisotopic (exact) mass is 264 g/mol. The third-order valence-electron chi connectivity index (χ3n) is 3.34. The van der Waals surface area contributed by atoms with Crippen LogP contribution in [0.25, 0.3) is 0 Å². The maximum atomic E-state index is 7.42. The zero-order chi connectivity index (χ0) is 14.2. The van der Waals surface area contributed by atoms with E-state index in [4.69, 9.17) is 5.73 Å². The highest BCUT2D eigenvalue weighted by Gasteiger charge is 1.94. The molecule has 1 heteroatoms. The van der Waals surface area contributed by atoms with Crippen LogP contribution in [0.15, 0.2) is 24.3 Å². The Morgan fingerprint density at radius 1 is 0.789 bits per heavy atom. The summed E-state index contributed by atoms with van der Waals surface area (Å²) in [4.78, 5) is 0. The lowest BCUT2D eigenvalue weighted by Gasteiger charge is -2.02. The van der Waals surface area contributed by atoms with E-state index in [2.05, 4.69) is 31.2 Å². The number of nitrogens with one attached hydrogen (secondary N) is 1. The summed E-state index contributed by atoms with van der Waals surface area (Å²) in [5.41, 5.74) is 7.42. The summed E-state index contributed by atoms with van der Waals surface area (Å²) in [5, 5.41) is 0. The van der Waals surface area contributed by atoms with Crippen LogP contribution in [0.3, 0.4) is 0 Å². The summed E-state index contributed by atoms with van der Waals surface area (Å²) in [7, 11) is 0. The quantitative estimate of drug-likeness (QED) is 0.284. The first-order chi connectivity index (χ1) is 9.27. The van der Waals surface area contributed by atoms with Crippen molar-refractivity contribution in [2.45, 2.75) is 90.5 Å². The predicted molar refractivity (Wildman–Crippen MR) is 87.3 cm³/mol. The summed E-state index contributed by atoms with van der Waals surface area (Å²) >= 11 is 0. The molecule has 111 valence electrons. The van der Waals surface area contributed by atoms with Gasteiger partial charge in [0.05, 0.1) is 0 Å². The second-order valence-corrected chi connectivity index (χ2v) is 5.57. The Balaban J connectivity index is 3.17. The van der Waals surface area contributed by atoms with Crippen molar-refractivity contribution in [3.63, 3.8) is 0 Å². The van der Waals surface area contributed by atoms with Crippen LogP contribution in [0.4, 0.5) is 0 Å². The molecule has 0 saturated carbocycles. The van der Waals surface area contributed by atoms with Crippen LogP contribution in [-0.2, 0) is 0 Å². The van der Waals surface area contributed by atoms with Gasteiger partial charge in [-0.1, -0.05) is 63.3 Å². The SMILES string of the molecule is CCCCCC=CCC=CCCCCCCC(C)[NH]. The standard InChI is InChI=1S/C18H34N/c1-3-4-5-6-7-8-9-10-11-12-13-14-15-16-17-18(2)19/h7-8,10-11,18-19H,3-6,9,12-17H2,1-2H3. The molecule has 1 unspecified atom stereocenters. The molecule has 1 nitrogen and oxygen atoms in total. The molecule has 0 aliphatic rings. The zero-order valence-electron chi connectivity index (χ0n) is 13.2. The van der Waals surface area contributed by atoms with Crippen LogP contribution in [-0.4, -0.2) is 6.04 Å². The fraction of sp³-hybridized carbons (Fsp3) is 0.778. The van der Waals surface area contributed by atoms with E-state index in [1.54, 1.807) is 0 Å². The summed E-state index contributed by atoms with van der Waals surface area (Å²) in [6, 6.07) is 0.129. The molecular weight excluding hydrogens is 230 g/mol. The molecule has 1 atom stereocenters. The van der Waals surface area contributed by atoms with E-state index < -0.39 is 0 Å². The molecule has 0 saturated heterocycles. The fourth-order valence-electron chi connectivity index (χ4n) is 2.09.